The van der Waals surface area contributed by atoms with E-state index in [0.717, 1.165) is 18.4 Å². The van der Waals surface area contributed by atoms with Crippen molar-refractivity contribution < 1.29 is 24.2 Å². The number of benzene rings is 3. The minimum absolute atomic E-state index is 0.177. The monoisotopic (exact) mass is 483 g/mol. The Kier molecular flexibility index (Phi) is 6.12. The number of carboxylic acid groups (broad SMARTS) is 1. The molecule has 6 nitrogen and oxygen atoms in total. The molecule has 6 heteroatoms. The Bertz CT molecular complexity index is 1270. The fourth-order valence-corrected chi connectivity index (χ4v) is 5.70. The zero-order valence-electron chi connectivity index (χ0n) is 20.3. The molecule has 1 saturated heterocycles. The van der Waals surface area contributed by atoms with Crippen molar-refractivity contribution in [2.75, 3.05) is 7.11 Å². The third kappa shape index (κ3) is 3.87. The Labute approximate surface area is 210 Å². The first kappa shape index (κ1) is 23.8. The molecule has 1 aliphatic heterocycles. The van der Waals surface area contributed by atoms with Crippen molar-refractivity contribution in [3.05, 3.63) is 102 Å². The quantitative estimate of drug-likeness (QED) is 0.472. The summed E-state index contributed by atoms with van der Waals surface area (Å²) in [6.07, 6.45) is 1.46. The Morgan fingerprint density at radius 1 is 0.861 bits per heavy atom. The molecule has 3 aromatic rings. The molecule has 0 spiro atoms. The second kappa shape index (κ2) is 9.26. The molecule has 1 amide bonds. The fraction of sp³-hybridized carbons (Fsp3) is 0.300. The normalized spacial score (nSPS) is 25.4. The number of ketones is 1. The van der Waals surface area contributed by atoms with Crippen molar-refractivity contribution in [2.24, 2.45) is 11.8 Å². The van der Waals surface area contributed by atoms with E-state index in [1.54, 1.807) is 50.4 Å². The van der Waals surface area contributed by atoms with E-state index < -0.39 is 29.4 Å². The lowest BCUT2D eigenvalue weighted by Crippen LogP contribution is -2.54. The van der Waals surface area contributed by atoms with Gasteiger partial charge < -0.3 is 14.7 Å². The van der Waals surface area contributed by atoms with Crippen LogP contribution < -0.4 is 4.74 Å². The molecule has 2 fully saturated rings. The molecule has 4 unspecified atom stereocenters. The van der Waals surface area contributed by atoms with E-state index in [1.165, 1.54) is 4.90 Å². The zero-order chi connectivity index (χ0) is 25.4. The highest BCUT2D eigenvalue weighted by atomic mass is 16.5. The summed E-state index contributed by atoms with van der Waals surface area (Å²) in [7, 11) is 1.57. The van der Waals surface area contributed by atoms with Crippen LogP contribution in [0.3, 0.4) is 0 Å². The Hall–Kier alpha value is -3.93. The highest BCUT2D eigenvalue weighted by Crippen LogP contribution is 2.58. The van der Waals surface area contributed by atoms with Crippen LogP contribution in [0, 0.1) is 11.8 Å². The van der Waals surface area contributed by atoms with Crippen LogP contribution in [0.1, 0.15) is 53.2 Å². The first-order valence-electron chi connectivity index (χ1n) is 12.2. The summed E-state index contributed by atoms with van der Waals surface area (Å²) in [5.41, 5.74) is 0.308. The van der Waals surface area contributed by atoms with E-state index in [2.05, 4.69) is 0 Å². The zero-order valence-corrected chi connectivity index (χ0v) is 20.3. The second-order valence-electron chi connectivity index (χ2n) is 9.80. The molecule has 0 radical (unpaired) electrons. The maximum atomic E-state index is 14.2. The molecule has 1 aliphatic carbocycles. The second-order valence-corrected chi connectivity index (χ2v) is 9.80. The molecule has 36 heavy (non-hydrogen) atoms. The number of hydrogen-bond donors (Lipinski definition) is 1. The van der Waals surface area contributed by atoms with Crippen molar-refractivity contribution >= 4 is 17.7 Å². The first-order valence-corrected chi connectivity index (χ1v) is 12.2. The van der Waals surface area contributed by atoms with Gasteiger partial charge in [0, 0.05) is 17.4 Å². The third-order valence-corrected chi connectivity index (χ3v) is 7.66. The summed E-state index contributed by atoms with van der Waals surface area (Å²) in [4.78, 5) is 42.7. The van der Waals surface area contributed by atoms with Crippen LogP contribution in [0.25, 0.3) is 0 Å². The molecule has 184 valence electrons. The van der Waals surface area contributed by atoms with Crippen LogP contribution in [0.15, 0.2) is 84.9 Å². The van der Waals surface area contributed by atoms with Crippen molar-refractivity contribution in [2.45, 2.75) is 37.3 Å². The van der Waals surface area contributed by atoms with Crippen LogP contribution in [-0.4, -0.2) is 40.3 Å². The average molecular weight is 484 g/mol. The minimum Gasteiger partial charge on any atom is -0.497 e. The van der Waals surface area contributed by atoms with Crippen LogP contribution >= 0.6 is 0 Å². The van der Waals surface area contributed by atoms with Gasteiger partial charge in [0.25, 0.3) is 0 Å². The summed E-state index contributed by atoms with van der Waals surface area (Å²) >= 11 is 0. The summed E-state index contributed by atoms with van der Waals surface area (Å²) in [6, 6.07) is 24.7. The summed E-state index contributed by atoms with van der Waals surface area (Å²) in [5.74, 6) is -2.62. The molecule has 0 bridgehead atoms. The van der Waals surface area contributed by atoms with E-state index in [9.17, 15) is 19.5 Å². The number of carboxylic acids is 1. The number of rotatable bonds is 7. The molecule has 4 atom stereocenters. The molecule has 1 saturated carbocycles. The third-order valence-electron chi connectivity index (χ3n) is 7.66. The first-order chi connectivity index (χ1) is 17.4. The lowest BCUT2D eigenvalue weighted by Gasteiger charge is -2.38. The molecule has 1 N–H and O–H groups in total. The molecule has 2 aliphatic rings. The summed E-state index contributed by atoms with van der Waals surface area (Å²) in [5, 5.41) is 10.7. The highest BCUT2D eigenvalue weighted by molar-refractivity contribution is 6.02. The summed E-state index contributed by atoms with van der Waals surface area (Å²) in [6.45, 7) is 1.60. The molecular weight excluding hydrogens is 454 g/mol. The van der Waals surface area contributed by atoms with E-state index >= 15 is 0 Å². The predicted octanol–water partition coefficient (Wildman–Crippen LogP) is 5.11. The number of hydrogen-bond acceptors (Lipinski definition) is 4. The van der Waals surface area contributed by atoms with Gasteiger partial charge in [-0.05, 0) is 43.0 Å². The Balaban J connectivity index is 1.77. The Morgan fingerprint density at radius 3 is 1.97 bits per heavy atom. The number of carbonyl (C=O) groups is 3. The predicted molar refractivity (Wildman–Crippen MR) is 135 cm³/mol. The van der Waals surface area contributed by atoms with Crippen molar-refractivity contribution in [3.8, 4) is 5.75 Å². The molecular formula is C30H29NO5. The largest absolute Gasteiger partial charge is 0.497 e. The van der Waals surface area contributed by atoms with E-state index in [0.29, 0.717) is 16.9 Å². The number of Topliss-reactive ketones (excluding diaryl/α,β-unsaturated/α-hetero) is 1. The van der Waals surface area contributed by atoms with Crippen molar-refractivity contribution in [3.63, 3.8) is 0 Å². The van der Waals surface area contributed by atoms with Gasteiger partial charge in [-0.25, -0.2) is 4.79 Å². The molecule has 5 rings (SSSR count). The number of ether oxygens (including phenoxy) is 1. The van der Waals surface area contributed by atoms with Gasteiger partial charge in [-0.3, -0.25) is 9.59 Å². The standard InChI is InChI=1S/C30H29NO5/c1-30(29(34)35)25(19-9-5-3-6-10-19)24(27(32)21-11-7-4-8-12-21)26(31(30)28(33)22-13-14-22)20-15-17-23(36-2)18-16-20/h3-12,15-18,22,24-26H,13-14H2,1-2H3,(H,34,35). The van der Waals surface area contributed by atoms with E-state index in [-0.39, 0.29) is 17.6 Å². The maximum Gasteiger partial charge on any atom is 0.330 e. The van der Waals surface area contributed by atoms with Gasteiger partial charge in [0.1, 0.15) is 11.3 Å². The van der Waals surface area contributed by atoms with Gasteiger partial charge in [0.15, 0.2) is 5.78 Å². The Morgan fingerprint density at radius 2 is 1.44 bits per heavy atom. The lowest BCUT2D eigenvalue weighted by molar-refractivity contribution is -0.158. The van der Waals surface area contributed by atoms with Crippen molar-refractivity contribution in [1.29, 1.82) is 0 Å². The number of carbonyl (C=O) groups excluding carboxylic acids is 2. The van der Waals surface area contributed by atoms with E-state index in [1.807, 2.05) is 48.5 Å². The van der Waals surface area contributed by atoms with Gasteiger partial charge >= 0.3 is 5.97 Å². The van der Waals surface area contributed by atoms with E-state index in [4.69, 9.17) is 4.74 Å². The number of aliphatic carboxylic acids is 1. The minimum atomic E-state index is -1.62. The van der Waals surface area contributed by atoms with Gasteiger partial charge in [-0.15, -0.1) is 0 Å². The topological polar surface area (TPSA) is 83.9 Å². The smallest absolute Gasteiger partial charge is 0.330 e. The highest BCUT2D eigenvalue weighted by Gasteiger charge is 2.65. The maximum absolute atomic E-state index is 14.2. The van der Waals surface area contributed by atoms with Gasteiger partial charge in [-0.1, -0.05) is 72.8 Å². The average Bonchev–Trinajstić information content (AvgIpc) is 3.72. The number of likely N-dealkylation sites (tertiary alicyclic amines) is 1. The van der Waals surface area contributed by atoms with Crippen LogP contribution in [0.4, 0.5) is 0 Å². The van der Waals surface area contributed by atoms with Gasteiger partial charge in [0.05, 0.1) is 19.1 Å². The SMILES string of the molecule is COc1ccc(C2C(C(=O)c3ccccc3)C(c3ccccc3)C(C)(C(=O)O)N2C(=O)C2CC2)cc1. The van der Waals surface area contributed by atoms with Crippen LogP contribution in [0.2, 0.25) is 0 Å². The number of nitrogens with zero attached hydrogens (tertiary/aromatic N) is 1. The number of amides is 1. The fourth-order valence-electron chi connectivity index (χ4n) is 5.70. The lowest BCUT2D eigenvalue weighted by atomic mass is 9.71. The number of methoxy groups -OCH3 is 1. The summed E-state index contributed by atoms with van der Waals surface area (Å²) < 4.78 is 5.33. The molecule has 3 aromatic carbocycles. The van der Waals surface area contributed by atoms with Crippen molar-refractivity contribution in [1.82, 2.24) is 4.90 Å². The molecule has 0 aromatic heterocycles. The van der Waals surface area contributed by atoms with Crippen LogP contribution in [-0.2, 0) is 9.59 Å². The van der Waals surface area contributed by atoms with Gasteiger partial charge in [-0.2, -0.15) is 0 Å². The van der Waals surface area contributed by atoms with Gasteiger partial charge in [0.2, 0.25) is 5.91 Å². The van der Waals surface area contributed by atoms with Crippen LogP contribution in [0.5, 0.6) is 5.75 Å². The molecule has 1 heterocycles.